The Labute approximate surface area is 118 Å². The lowest BCUT2D eigenvalue weighted by Crippen LogP contribution is -2.34. The maximum Gasteiger partial charge on any atom is 0.287 e. The first-order valence-electron chi connectivity index (χ1n) is 6.15. The fourth-order valence-electron chi connectivity index (χ4n) is 1.59. The quantitative estimate of drug-likeness (QED) is 0.781. The Morgan fingerprint density at radius 2 is 2.32 bits per heavy atom. The molecule has 1 N–H and O–H groups in total. The predicted octanol–water partition coefficient (Wildman–Crippen LogP) is 2.31. The van der Waals surface area contributed by atoms with Crippen LogP contribution in [0.1, 0.15) is 20.8 Å². The van der Waals surface area contributed by atoms with Crippen LogP contribution >= 0.6 is 11.6 Å². The minimum absolute atomic E-state index is 0.129. The van der Waals surface area contributed by atoms with Gasteiger partial charge in [-0.1, -0.05) is 17.7 Å². The van der Waals surface area contributed by atoms with E-state index in [9.17, 15) is 4.79 Å². The smallest absolute Gasteiger partial charge is 0.287 e. The lowest BCUT2D eigenvalue weighted by atomic mass is 10.1. The molecule has 0 radical (unpaired) electrons. The van der Waals surface area contributed by atoms with Gasteiger partial charge in [0, 0.05) is 13.2 Å². The van der Waals surface area contributed by atoms with Crippen LogP contribution in [0.4, 0.5) is 5.69 Å². The molecule has 0 atom stereocenters. The van der Waals surface area contributed by atoms with E-state index in [2.05, 4.69) is 17.0 Å². The summed E-state index contributed by atoms with van der Waals surface area (Å²) in [5.41, 5.74) is -0.158. The lowest BCUT2D eigenvalue weighted by Gasteiger charge is -2.25. The number of rotatable bonds is 7. The Kier molecular flexibility index (Phi) is 5.57. The van der Waals surface area contributed by atoms with E-state index >= 15 is 0 Å². The molecule has 1 aromatic heterocycles. The second-order valence-electron chi connectivity index (χ2n) is 4.69. The second kappa shape index (κ2) is 6.73. The number of anilines is 1. The highest BCUT2D eigenvalue weighted by Gasteiger charge is 2.18. The fourth-order valence-corrected chi connectivity index (χ4v) is 1.80. The van der Waals surface area contributed by atoms with E-state index in [-0.39, 0.29) is 16.2 Å². The molecule has 6 heteroatoms. The fraction of sp³-hybridized carbons (Fsp3) is 0.538. The summed E-state index contributed by atoms with van der Waals surface area (Å²) in [5.74, 6) is 0. The number of halogens is 1. The zero-order chi connectivity index (χ0) is 14.5. The van der Waals surface area contributed by atoms with Crippen molar-refractivity contribution in [3.63, 3.8) is 0 Å². The van der Waals surface area contributed by atoms with Crippen LogP contribution in [0, 0.1) is 0 Å². The molecule has 0 aliphatic rings. The van der Waals surface area contributed by atoms with Gasteiger partial charge in [0.15, 0.2) is 0 Å². The van der Waals surface area contributed by atoms with Crippen LogP contribution < -0.4 is 10.9 Å². The van der Waals surface area contributed by atoms with Gasteiger partial charge in [0.05, 0.1) is 24.0 Å². The van der Waals surface area contributed by atoms with Gasteiger partial charge in [-0.25, -0.2) is 4.68 Å². The average Bonchev–Trinajstić information content (AvgIpc) is 2.34. The van der Waals surface area contributed by atoms with Gasteiger partial charge in [-0.05, 0) is 20.8 Å². The first-order valence-corrected chi connectivity index (χ1v) is 6.53. The number of aromatic nitrogens is 2. The molecule has 0 aliphatic heterocycles. The number of hydrogen-bond donors (Lipinski definition) is 1. The van der Waals surface area contributed by atoms with Crippen LogP contribution in [0.5, 0.6) is 0 Å². The van der Waals surface area contributed by atoms with Gasteiger partial charge in [-0.3, -0.25) is 4.79 Å². The summed E-state index contributed by atoms with van der Waals surface area (Å²) in [6.45, 7) is 10.9. The highest BCUT2D eigenvalue weighted by atomic mass is 35.5. The minimum Gasteiger partial charge on any atom is -0.379 e. The summed E-state index contributed by atoms with van der Waals surface area (Å²) in [7, 11) is 0. The topological polar surface area (TPSA) is 56.1 Å². The van der Waals surface area contributed by atoms with Crippen molar-refractivity contribution in [2.45, 2.75) is 32.9 Å². The van der Waals surface area contributed by atoms with Crippen molar-refractivity contribution in [2.24, 2.45) is 0 Å². The highest BCUT2D eigenvalue weighted by Crippen LogP contribution is 2.17. The molecule has 0 fully saturated rings. The molecule has 0 saturated carbocycles. The van der Waals surface area contributed by atoms with Gasteiger partial charge in [0.25, 0.3) is 5.56 Å². The summed E-state index contributed by atoms with van der Waals surface area (Å²) in [6.07, 6.45) is 3.13. The standard InChI is InChI=1S/C13H20ClN3O2/c1-5-7-17-12(18)11(14)10(8-16-17)15-9-13(3,4)19-6-2/h5,8,15H,1,6-7,9H2,2-4H3. The van der Waals surface area contributed by atoms with E-state index in [0.29, 0.717) is 25.4 Å². The largest absolute Gasteiger partial charge is 0.379 e. The van der Waals surface area contributed by atoms with Gasteiger partial charge < -0.3 is 10.1 Å². The zero-order valence-electron chi connectivity index (χ0n) is 11.6. The van der Waals surface area contributed by atoms with Gasteiger partial charge in [0.1, 0.15) is 5.02 Å². The first kappa shape index (κ1) is 15.7. The Hall–Kier alpha value is -1.33. The van der Waals surface area contributed by atoms with E-state index in [1.54, 1.807) is 6.08 Å². The molecular weight excluding hydrogens is 266 g/mol. The van der Waals surface area contributed by atoms with Crippen LogP contribution in [-0.2, 0) is 11.3 Å². The van der Waals surface area contributed by atoms with Gasteiger partial charge in [0.2, 0.25) is 0 Å². The molecule has 1 heterocycles. The number of nitrogens with one attached hydrogen (secondary N) is 1. The number of ether oxygens (including phenoxy) is 1. The third-order valence-electron chi connectivity index (χ3n) is 2.53. The first-order chi connectivity index (χ1) is 8.91. The zero-order valence-corrected chi connectivity index (χ0v) is 12.3. The Morgan fingerprint density at radius 3 is 2.89 bits per heavy atom. The van der Waals surface area contributed by atoms with Crippen LogP contribution in [-0.4, -0.2) is 28.5 Å². The van der Waals surface area contributed by atoms with Gasteiger partial charge in [-0.2, -0.15) is 5.10 Å². The second-order valence-corrected chi connectivity index (χ2v) is 5.07. The molecule has 5 nitrogen and oxygen atoms in total. The van der Waals surface area contributed by atoms with Crippen molar-refractivity contribution >= 4 is 17.3 Å². The normalized spacial score (nSPS) is 11.4. The van der Waals surface area contributed by atoms with Crippen molar-refractivity contribution < 1.29 is 4.74 Å². The molecule has 0 aromatic carbocycles. The van der Waals surface area contributed by atoms with Crippen molar-refractivity contribution in [3.8, 4) is 0 Å². The third-order valence-corrected chi connectivity index (χ3v) is 2.89. The molecule has 0 bridgehead atoms. The monoisotopic (exact) mass is 285 g/mol. The van der Waals surface area contributed by atoms with Gasteiger partial charge in [-0.15, -0.1) is 6.58 Å². The lowest BCUT2D eigenvalue weighted by molar-refractivity contribution is 0.000692. The highest BCUT2D eigenvalue weighted by molar-refractivity contribution is 6.32. The Morgan fingerprint density at radius 1 is 1.63 bits per heavy atom. The van der Waals surface area contributed by atoms with Crippen molar-refractivity contribution in [2.75, 3.05) is 18.5 Å². The summed E-state index contributed by atoms with van der Waals surface area (Å²) in [4.78, 5) is 11.9. The number of hydrogen-bond acceptors (Lipinski definition) is 4. The van der Waals surface area contributed by atoms with Crippen molar-refractivity contribution in [1.82, 2.24) is 9.78 Å². The maximum atomic E-state index is 11.9. The molecular formula is C13H20ClN3O2. The molecule has 1 rings (SSSR count). The van der Waals surface area contributed by atoms with Crippen molar-refractivity contribution in [3.05, 3.63) is 34.2 Å². The molecule has 0 amide bonds. The molecule has 1 aromatic rings. The number of allylic oxidation sites excluding steroid dienone is 1. The summed E-state index contributed by atoms with van der Waals surface area (Å²) in [5, 5.41) is 7.24. The van der Waals surface area contributed by atoms with Crippen molar-refractivity contribution in [1.29, 1.82) is 0 Å². The van der Waals surface area contributed by atoms with E-state index in [1.165, 1.54) is 10.9 Å². The van der Waals surface area contributed by atoms with Crippen LogP contribution in [0.3, 0.4) is 0 Å². The molecule has 0 spiro atoms. The third kappa shape index (κ3) is 4.36. The Bertz CT molecular complexity index is 497. The summed E-state index contributed by atoms with van der Waals surface area (Å²) < 4.78 is 6.82. The predicted molar refractivity (Wildman–Crippen MR) is 77.9 cm³/mol. The Balaban J connectivity index is 2.83. The van der Waals surface area contributed by atoms with Crippen LogP contribution in [0.2, 0.25) is 5.02 Å². The molecule has 106 valence electrons. The van der Waals surface area contributed by atoms with Crippen LogP contribution in [0.25, 0.3) is 0 Å². The SMILES string of the molecule is C=CCn1ncc(NCC(C)(C)OCC)c(Cl)c1=O. The van der Waals surface area contributed by atoms with E-state index in [0.717, 1.165) is 0 Å². The molecule has 19 heavy (non-hydrogen) atoms. The molecule has 0 unspecified atom stereocenters. The minimum atomic E-state index is -0.339. The summed E-state index contributed by atoms with van der Waals surface area (Å²) >= 11 is 6.03. The number of nitrogens with zero attached hydrogens (tertiary/aromatic N) is 2. The average molecular weight is 286 g/mol. The van der Waals surface area contributed by atoms with E-state index < -0.39 is 0 Å². The molecule has 0 aliphatic carbocycles. The van der Waals surface area contributed by atoms with Gasteiger partial charge >= 0.3 is 0 Å². The van der Waals surface area contributed by atoms with E-state index in [1.807, 2.05) is 20.8 Å². The summed E-state index contributed by atoms with van der Waals surface area (Å²) in [6, 6.07) is 0. The van der Waals surface area contributed by atoms with E-state index in [4.69, 9.17) is 16.3 Å². The maximum absolute atomic E-state index is 11.9. The molecule has 0 saturated heterocycles. The van der Waals surface area contributed by atoms with Crippen LogP contribution in [0.15, 0.2) is 23.6 Å².